The lowest BCUT2D eigenvalue weighted by Gasteiger charge is -2.33. The lowest BCUT2D eigenvalue weighted by molar-refractivity contribution is -0.927. The van der Waals surface area contributed by atoms with Crippen molar-refractivity contribution in [2.24, 2.45) is 0 Å². The third kappa shape index (κ3) is 13.1. The number of hydrogen-bond donors (Lipinski definition) is 0. The van der Waals surface area contributed by atoms with E-state index in [0.717, 1.165) is 18.3 Å². The Kier molecular flexibility index (Phi) is 12.7. The van der Waals surface area contributed by atoms with Crippen molar-refractivity contribution >= 4 is 6.16 Å². The topological polar surface area (TPSA) is 58.6 Å². The van der Waals surface area contributed by atoms with Gasteiger partial charge in [0, 0.05) is 14.2 Å². The Morgan fingerprint density at radius 2 is 1.71 bits per heavy atom. The number of methoxy groups -OCH3 is 2. The summed E-state index contributed by atoms with van der Waals surface area (Å²) in [5.74, 6) is 0. The molecular formula is C12H27NO4. The van der Waals surface area contributed by atoms with Gasteiger partial charge in [0.05, 0.1) is 20.1 Å². The average Bonchev–Trinajstić information content (AvgIpc) is 2.28. The van der Waals surface area contributed by atoms with E-state index in [2.05, 4.69) is 25.6 Å². The maximum Gasteiger partial charge on any atom is 0.251 e. The third-order valence-electron chi connectivity index (χ3n) is 2.42. The molecule has 0 amide bonds. The molecule has 0 N–H and O–H groups in total. The largest absolute Gasteiger partial charge is 0.553 e. The van der Waals surface area contributed by atoms with Gasteiger partial charge >= 0.3 is 0 Å². The second-order valence-corrected chi connectivity index (χ2v) is 4.29. The summed E-state index contributed by atoms with van der Waals surface area (Å²) >= 11 is 0. The molecule has 0 fully saturated rings. The van der Waals surface area contributed by atoms with Crippen LogP contribution in [0.3, 0.4) is 0 Å². The average molecular weight is 249 g/mol. The molecule has 1 atom stereocenters. The highest BCUT2D eigenvalue weighted by molar-refractivity contribution is 5.53. The standard InChI is InChI=1S/C10H24NO.C2H4O3/c1-5-7-9-11(3,8-6-2)10-12-4;1-5-2(3)4/h5-10H2,1-4H3;1H3,(H,3,4)/q+1;/p-1. The van der Waals surface area contributed by atoms with Crippen molar-refractivity contribution in [2.45, 2.75) is 33.1 Å². The van der Waals surface area contributed by atoms with E-state index in [0.29, 0.717) is 0 Å². The first-order valence-electron chi connectivity index (χ1n) is 6.03. The molecular weight excluding hydrogens is 222 g/mol. The fourth-order valence-corrected chi connectivity index (χ4v) is 1.63. The molecule has 0 aliphatic rings. The lowest BCUT2D eigenvalue weighted by atomic mass is 10.3. The van der Waals surface area contributed by atoms with Crippen molar-refractivity contribution in [2.75, 3.05) is 41.1 Å². The van der Waals surface area contributed by atoms with Crippen molar-refractivity contribution < 1.29 is 23.9 Å². The van der Waals surface area contributed by atoms with E-state index in [1.807, 2.05) is 0 Å². The van der Waals surface area contributed by atoms with Gasteiger partial charge in [-0.25, -0.2) is 0 Å². The summed E-state index contributed by atoms with van der Waals surface area (Å²) in [5.41, 5.74) is 0. The molecule has 0 heterocycles. The normalized spacial score (nSPS) is 13.2. The molecule has 17 heavy (non-hydrogen) atoms. The molecule has 0 spiro atoms. The molecule has 1 unspecified atom stereocenters. The minimum absolute atomic E-state index is 0.855. The van der Waals surface area contributed by atoms with Gasteiger partial charge in [-0.05, 0) is 12.8 Å². The fraction of sp³-hybridized carbons (Fsp3) is 0.917. The number of nitrogens with zero attached hydrogens (tertiary/aromatic N) is 1. The third-order valence-corrected chi connectivity index (χ3v) is 2.42. The van der Waals surface area contributed by atoms with Crippen LogP contribution in [0, 0.1) is 0 Å². The Hall–Kier alpha value is -0.810. The van der Waals surface area contributed by atoms with Gasteiger partial charge in [0.1, 0.15) is 0 Å². The summed E-state index contributed by atoms with van der Waals surface area (Å²) in [7, 11) is 5.11. The van der Waals surface area contributed by atoms with Gasteiger partial charge in [0.25, 0.3) is 6.16 Å². The molecule has 5 nitrogen and oxygen atoms in total. The quantitative estimate of drug-likeness (QED) is 0.387. The summed E-state index contributed by atoms with van der Waals surface area (Å²) < 4.78 is 9.85. The van der Waals surface area contributed by atoms with Gasteiger partial charge < -0.3 is 23.9 Å². The molecule has 0 rings (SSSR count). The first-order chi connectivity index (χ1) is 7.95. The summed E-state index contributed by atoms with van der Waals surface area (Å²) in [6, 6.07) is 0. The van der Waals surface area contributed by atoms with Crippen LogP contribution in [0.4, 0.5) is 4.79 Å². The molecule has 0 aromatic heterocycles. The molecule has 0 aliphatic heterocycles. The van der Waals surface area contributed by atoms with E-state index >= 15 is 0 Å². The van der Waals surface area contributed by atoms with Crippen LogP contribution in [-0.2, 0) is 9.47 Å². The number of carbonyl (C=O) groups is 1. The van der Waals surface area contributed by atoms with E-state index in [-0.39, 0.29) is 0 Å². The highest BCUT2D eigenvalue weighted by Crippen LogP contribution is 2.06. The second kappa shape index (κ2) is 11.7. The SMILES string of the molecule is CCCC[N+](C)(CCC)COC.COC(=O)[O-]. The Labute approximate surface area is 105 Å². The van der Waals surface area contributed by atoms with Crippen molar-refractivity contribution in [3.8, 4) is 0 Å². The van der Waals surface area contributed by atoms with Gasteiger partial charge in [-0.1, -0.05) is 20.3 Å². The van der Waals surface area contributed by atoms with Crippen LogP contribution in [-0.4, -0.2) is 51.7 Å². The van der Waals surface area contributed by atoms with Crippen LogP contribution in [0.5, 0.6) is 0 Å². The highest BCUT2D eigenvalue weighted by Gasteiger charge is 2.18. The highest BCUT2D eigenvalue weighted by atomic mass is 16.6. The number of unbranched alkanes of at least 4 members (excludes halogenated alkanes) is 1. The monoisotopic (exact) mass is 249 g/mol. The smallest absolute Gasteiger partial charge is 0.251 e. The lowest BCUT2D eigenvalue weighted by Crippen LogP contribution is -2.46. The number of carboxylic acid groups (broad SMARTS) is 1. The van der Waals surface area contributed by atoms with Crippen LogP contribution in [0.1, 0.15) is 33.1 Å². The van der Waals surface area contributed by atoms with E-state index in [1.54, 1.807) is 7.11 Å². The molecule has 0 radical (unpaired) electrons. The van der Waals surface area contributed by atoms with E-state index in [4.69, 9.17) is 14.6 Å². The van der Waals surface area contributed by atoms with Gasteiger partial charge in [-0.3, -0.25) is 0 Å². The Balaban J connectivity index is 0. The van der Waals surface area contributed by atoms with Gasteiger partial charge in [0.2, 0.25) is 0 Å². The zero-order valence-corrected chi connectivity index (χ0v) is 11.8. The van der Waals surface area contributed by atoms with Crippen molar-refractivity contribution in [1.29, 1.82) is 0 Å². The van der Waals surface area contributed by atoms with Gasteiger partial charge in [0.15, 0.2) is 6.73 Å². The minimum Gasteiger partial charge on any atom is -0.553 e. The molecule has 0 aliphatic carbocycles. The fourth-order valence-electron chi connectivity index (χ4n) is 1.63. The van der Waals surface area contributed by atoms with E-state index in [9.17, 15) is 0 Å². The molecule has 0 aromatic carbocycles. The second-order valence-electron chi connectivity index (χ2n) is 4.29. The van der Waals surface area contributed by atoms with Crippen LogP contribution < -0.4 is 5.11 Å². The summed E-state index contributed by atoms with van der Waals surface area (Å²) in [6.07, 6.45) is 2.33. The molecule has 0 bridgehead atoms. The van der Waals surface area contributed by atoms with Gasteiger partial charge in [-0.2, -0.15) is 0 Å². The van der Waals surface area contributed by atoms with Crippen LogP contribution in [0.2, 0.25) is 0 Å². The Morgan fingerprint density at radius 3 is 2.00 bits per heavy atom. The Bertz CT molecular complexity index is 179. The maximum absolute atomic E-state index is 9.03. The van der Waals surface area contributed by atoms with Crippen molar-refractivity contribution in [1.82, 2.24) is 0 Å². The number of rotatable bonds is 7. The minimum atomic E-state index is -1.50. The first-order valence-corrected chi connectivity index (χ1v) is 6.03. The molecule has 0 saturated carbocycles. The van der Waals surface area contributed by atoms with Crippen molar-refractivity contribution in [3.05, 3.63) is 0 Å². The summed E-state index contributed by atoms with van der Waals surface area (Å²) in [5, 5.41) is 9.03. The predicted octanol–water partition coefficient (Wildman–Crippen LogP) is 1.22. The molecule has 5 heteroatoms. The molecule has 0 aromatic rings. The van der Waals surface area contributed by atoms with E-state index < -0.39 is 6.16 Å². The molecule has 0 saturated heterocycles. The van der Waals surface area contributed by atoms with Gasteiger partial charge in [-0.15, -0.1) is 0 Å². The van der Waals surface area contributed by atoms with Crippen LogP contribution >= 0.6 is 0 Å². The van der Waals surface area contributed by atoms with E-state index in [1.165, 1.54) is 32.4 Å². The van der Waals surface area contributed by atoms with Crippen LogP contribution in [0.15, 0.2) is 0 Å². The first kappa shape index (κ1) is 18.6. The molecule has 104 valence electrons. The number of hydrogen-bond acceptors (Lipinski definition) is 4. The van der Waals surface area contributed by atoms with Crippen LogP contribution in [0.25, 0.3) is 0 Å². The van der Waals surface area contributed by atoms with Crippen molar-refractivity contribution in [3.63, 3.8) is 0 Å². The maximum atomic E-state index is 9.03. The number of ether oxygens (including phenoxy) is 2. The predicted molar refractivity (Wildman–Crippen MR) is 65.4 cm³/mol. The summed E-state index contributed by atoms with van der Waals surface area (Å²) in [4.78, 5) is 9.03. The zero-order chi connectivity index (χ0) is 13.7. The number of quaternary nitrogens is 1. The summed E-state index contributed by atoms with van der Waals surface area (Å²) in [6.45, 7) is 7.81. The zero-order valence-electron chi connectivity index (χ0n) is 11.8. The number of carbonyl (C=O) groups excluding carboxylic acids is 1. The Morgan fingerprint density at radius 1 is 1.18 bits per heavy atom.